The lowest BCUT2D eigenvalue weighted by molar-refractivity contribution is 0.0974. The highest BCUT2D eigenvalue weighted by atomic mass is 35.5. The quantitative estimate of drug-likeness (QED) is 0.764. The van der Waals surface area contributed by atoms with E-state index in [1.54, 1.807) is 4.57 Å². The van der Waals surface area contributed by atoms with Gasteiger partial charge in [-0.1, -0.05) is 29.3 Å². The molecule has 2 atom stereocenters. The van der Waals surface area contributed by atoms with Crippen molar-refractivity contribution in [1.82, 2.24) is 9.55 Å². The largest absolute Gasteiger partial charge is 0.376 e. The normalized spacial score (nSPS) is 27.0. The Morgan fingerprint density at radius 3 is 2.59 bits per heavy atom. The minimum atomic E-state index is -0.0816. The van der Waals surface area contributed by atoms with Crippen molar-refractivity contribution in [2.24, 2.45) is 11.1 Å². The van der Waals surface area contributed by atoms with Crippen LogP contribution in [0.1, 0.15) is 44.0 Å². The molecule has 0 saturated carbocycles. The number of hydrogen-bond donors (Lipinski definition) is 1. The van der Waals surface area contributed by atoms with Crippen molar-refractivity contribution in [1.29, 1.82) is 0 Å². The second-order valence-electron chi connectivity index (χ2n) is 8.49. The molecule has 0 radical (unpaired) electrons. The standard InChI is InChI=1S/C21H28Cl2N4O2/c1-12-19(26-9-7-21(8-10-26)11-29-13(2)18(21)24)25-14(3)27(20(12)28)16-6-4-5-15(22)17(16)23/h5,13,18H,4,6-11,24H2,1-3H3/t13-,18-/m1/s1. The molecule has 2 aliphatic heterocycles. The van der Waals surface area contributed by atoms with Gasteiger partial charge in [-0.15, -0.1) is 0 Å². The van der Waals surface area contributed by atoms with Crippen LogP contribution in [0, 0.1) is 19.3 Å². The first-order valence-corrected chi connectivity index (χ1v) is 11.0. The molecular formula is C21H28Cl2N4O2. The number of nitrogens with zero attached hydrogens (tertiary/aromatic N) is 3. The van der Waals surface area contributed by atoms with Crippen LogP contribution >= 0.6 is 23.2 Å². The molecule has 1 aromatic rings. The van der Waals surface area contributed by atoms with E-state index in [0.29, 0.717) is 27.9 Å². The van der Waals surface area contributed by atoms with Gasteiger partial charge < -0.3 is 15.4 Å². The molecule has 4 rings (SSSR count). The summed E-state index contributed by atoms with van der Waals surface area (Å²) in [5.74, 6) is 1.39. The van der Waals surface area contributed by atoms with E-state index in [0.717, 1.165) is 50.5 Å². The Kier molecular flexibility index (Phi) is 5.57. The summed E-state index contributed by atoms with van der Waals surface area (Å²) in [6, 6.07) is 0.0617. The highest BCUT2D eigenvalue weighted by molar-refractivity contribution is 6.45. The molecule has 1 aliphatic carbocycles. The fourth-order valence-corrected chi connectivity index (χ4v) is 5.32. The SMILES string of the molecule is Cc1c(N2CCC3(CC2)CO[C@H](C)[C@H]3N)nc(C)n(C2=C(Cl)C(Cl)=CCC2)c1=O. The van der Waals surface area contributed by atoms with Crippen molar-refractivity contribution in [3.63, 3.8) is 0 Å². The van der Waals surface area contributed by atoms with Gasteiger partial charge in [0.2, 0.25) is 0 Å². The Morgan fingerprint density at radius 1 is 1.28 bits per heavy atom. The van der Waals surface area contributed by atoms with Crippen LogP contribution in [0.25, 0.3) is 5.70 Å². The number of piperidine rings is 1. The van der Waals surface area contributed by atoms with Crippen LogP contribution in [0.15, 0.2) is 20.9 Å². The molecule has 1 spiro atoms. The van der Waals surface area contributed by atoms with E-state index in [-0.39, 0.29) is 23.1 Å². The van der Waals surface area contributed by atoms with E-state index in [4.69, 9.17) is 38.7 Å². The molecule has 2 fully saturated rings. The average Bonchev–Trinajstić information content (AvgIpc) is 2.97. The number of aryl methyl sites for hydroxylation is 1. The molecule has 0 aromatic carbocycles. The van der Waals surface area contributed by atoms with Gasteiger partial charge in [0.1, 0.15) is 11.6 Å². The smallest absolute Gasteiger partial charge is 0.262 e. The van der Waals surface area contributed by atoms with Gasteiger partial charge in [-0.3, -0.25) is 9.36 Å². The monoisotopic (exact) mass is 438 g/mol. The number of halogens is 2. The Labute approximate surface area is 181 Å². The topological polar surface area (TPSA) is 73.4 Å². The molecule has 3 heterocycles. The molecule has 0 unspecified atom stereocenters. The molecule has 1 aromatic heterocycles. The van der Waals surface area contributed by atoms with E-state index >= 15 is 0 Å². The number of anilines is 1. The molecular weight excluding hydrogens is 411 g/mol. The van der Waals surface area contributed by atoms with Crippen LogP contribution in [0.3, 0.4) is 0 Å². The number of nitrogens with two attached hydrogens (primary N) is 1. The number of allylic oxidation sites excluding steroid dienone is 4. The van der Waals surface area contributed by atoms with E-state index in [1.165, 1.54) is 0 Å². The maximum atomic E-state index is 13.3. The zero-order valence-electron chi connectivity index (χ0n) is 17.2. The van der Waals surface area contributed by atoms with Crippen LogP contribution in [-0.2, 0) is 4.74 Å². The zero-order valence-corrected chi connectivity index (χ0v) is 18.7. The molecule has 6 nitrogen and oxygen atoms in total. The maximum Gasteiger partial charge on any atom is 0.262 e. The molecule has 2 saturated heterocycles. The first-order chi connectivity index (χ1) is 13.7. The summed E-state index contributed by atoms with van der Waals surface area (Å²) < 4.78 is 7.43. The summed E-state index contributed by atoms with van der Waals surface area (Å²) in [7, 11) is 0. The van der Waals surface area contributed by atoms with Gasteiger partial charge in [0, 0.05) is 30.2 Å². The number of rotatable bonds is 2. The van der Waals surface area contributed by atoms with Gasteiger partial charge in [0.15, 0.2) is 0 Å². The second-order valence-corrected chi connectivity index (χ2v) is 9.28. The van der Waals surface area contributed by atoms with E-state index in [9.17, 15) is 4.79 Å². The number of ether oxygens (including phenoxy) is 1. The van der Waals surface area contributed by atoms with Crippen molar-refractivity contribution < 1.29 is 4.74 Å². The van der Waals surface area contributed by atoms with Crippen molar-refractivity contribution in [3.05, 3.63) is 37.9 Å². The van der Waals surface area contributed by atoms with Gasteiger partial charge >= 0.3 is 0 Å². The van der Waals surface area contributed by atoms with Crippen molar-refractivity contribution in [3.8, 4) is 0 Å². The molecule has 0 bridgehead atoms. The van der Waals surface area contributed by atoms with Crippen molar-refractivity contribution >= 4 is 34.7 Å². The number of aromatic nitrogens is 2. The maximum absolute atomic E-state index is 13.3. The van der Waals surface area contributed by atoms with Crippen LogP contribution < -0.4 is 16.2 Å². The highest BCUT2D eigenvalue weighted by Crippen LogP contribution is 2.42. The summed E-state index contributed by atoms with van der Waals surface area (Å²) in [6.45, 7) is 8.09. The molecule has 29 heavy (non-hydrogen) atoms. The summed E-state index contributed by atoms with van der Waals surface area (Å²) in [5.41, 5.74) is 7.75. The lowest BCUT2D eigenvalue weighted by atomic mass is 9.73. The summed E-state index contributed by atoms with van der Waals surface area (Å²) >= 11 is 12.6. The first kappa shape index (κ1) is 20.9. The first-order valence-electron chi connectivity index (χ1n) is 10.2. The van der Waals surface area contributed by atoms with Crippen molar-refractivity contribution in [2.75, 3.05) is 24.6 Å². The van der Waals surface area contributed by atoms with Gasteiger partial charge in [-0.2, -0.15) is 0 Å². The fraction of sp³-hybridized carbons (Fsp3) is 0.619. The summed E-state index contributed by atoms with van der Waals surface area (Å²) in [5, 5.41) is 0.924. The number of hydrogen-bond acceptors (Lipinski definition) is 5. The third-order valence-corrected chi connectivity index (χ3v) is 7.66. The molecule has 8 heteroatoms. The fourth-order valence-electron chi connectivity index (χ4n) is 4.84. The third kappa shape index (κ3) is 3.44. The van der Waals surface area contributed by atoms with Crippen LogP contribution in [0.5, 0.6) is 0 Å². The van der Waals surface area contributed by atoms with Crippen molar-refractivity contribution in [2.45, 2.75) is 58.6 Å². The molecule has 0 amide bonds. The predicted octanol–water partition coefficient (Wildman–Crippen LogP) is 3.52. The molecule has 2 N–H and O–H groups in total. The van der Waals surface area contributed by atoms with Crippen LogP contribution in [0.2, 0.25) is 0 Å². The van der Waals surface area contributed by atoms with Gasteiger partial charge in [0.25, 0.3) is 5.56 Å². The predicted molar refractivity (Wildman–Crippen MR) is 117 cm³/mol. The Bertz CT molecular complexity index is 945. The zero-order chi connectivity index (χ0) is 20.9. The van der Waals surface area contributed by atoms with Crippen LogP contribution in [-0.4, -0.2) is 41.4 Å². The Morgan fingerprint density at radius 2 is 1.97 bits per heavy atom. The molecule has 158 valence electrons. The van der Waals surface area contributed by atoms with E-state index in [2.05, 4.69) is 4.90 Å². The molecule has 3 aliphatic rings. The Balaban J connectivity index is 1.64. The second kappa shape index (κ2) is 7.73. The van der Waals surface area contributed by atoms with Gasteiger partial charge in [0.05, 0.1) is 28.3 Å². The average molecular weight is 439 g/mol. The summed E-state index contributed by atoms with van der Waals surface area (Å²) in [4.78, 5) is 20.3. The van der Waals surface area contributed by atoms with Gasteiger partial charge in [-0.25, -0.2) is 4.98 Å². The Hall–Kier alpha value is -1.34. The van der Waals surface area contributed by atoms with Gasteiger partial charge in [-0.05, 0) is 46.5 Å². The van der Waals surface area contributed by atoms with E-state index in [1.807, 2.05) is 26.8 Å². The minimum absolute atomic E-state index is 0.0391. The lowest BCUT2D eigenvalue weighted by Crippen LogP contribution is -2.51. The third-order valence-electron chi connectivity index (χ3n) is 6.79. The minimum Gasteiger partial charge on any atom is -0.376 e. The summed E-state index contributed by atoms with van der Waals surface area (Å²) in [6.07, 6.45) is 5.29. The van der Waals surface area contributed by atoms with Crippen LogP contribution in [0.4, 0.5) is 5.82 Å². The highest BCUT2D eigenvalue weighted by Gasteiger charge is 2.47. The lowest BCUT2D eigenvalue weighted by Gasteiger charge is -2.42. The van der Waals surface area contributed by atoms with E-state index < -0.39 is 0 Å².